The lowest BCUT2D eigenvalue weighted by Gasteiger charge is -2.36. The van der Waals surface area contributed by atoms with E-state index in [-0.39, 0.29) is 0 Å². The lowest BCUT2D eigenvalue weighted by molar-refractivity contribution is 0.247. The lowest BCUT2D eigenvalue weighted by Crippen LogP contribution is -2.46. The number of benzene rings is 1. The molecule has 1 aromatic carbocycles. The number of rotatable bonds is 5. The van der Waals surface area contributed by atoms with Crippen LogP contribution in [0.5, 0.6) is 5.75 Å². The van der Waals surface area contributed by atoms with Gasteiger partial charge in [-0.05, 0) is 42.5 Å². The van der Waals surface area contributed by atoms with Gasteiger partial charge in [0.2, 0.25) is 0 Å². The number of hydrogen-bond donors (Lipinski definition) is 0. The van der Waals surface area contributed by atoms with Gasteiger partial charge < -0.3 is 9.64 Å². The molecule has 1 saturated heterocycles. The van der Waals surface area contributed by atoms with Crippen molar-refractivity contribution in [1.82, 2.24) is 19.9 Å². The van der Waals surface area contributed by atoms with Crippen LogP contribution in [0.3, 0.4) is 0 Å². The van der Waals surface area contributed by atoms with Gasteiger partial charge in [-0.2, -0.15) is 0 Å². The van der Waals surface area contributed by atoms with Gasteiger partial charge in [0.15, 0.2) is 5.82 Å². The summed E-state index contributed by atoms with van der Waals surface area (Å²) in [7, 11) is 1.70. The zero-order valence-electron chi connectivity index (χ0n) is 15.5. The molecule has 0 amide bonds. The Morgan fingerprint density at radius 3 is 2.33 bits per heavy atom. The molecule has 1 fully saturated rings. The van der Waals surface area contributed by atoms with Gasteiger partial charge in [-0.1, -0.05) is 0 Å². The van der Waals surface area contributed by atoms with Crippen LogP contribution in [-0.4, -0.2) is 53.1 Å². The molecule has 1 aliphatic rings. The van der Waals surface area contributed by atoms with Crippen LogP contribution in [0.2, 0.25) is 0 Å². The van der Waals surface area contributed by atoms with Gasteiger partial charge in [-0.25, -0.2) is 9.97 Å². The highest BCUT2D eigenvalue weighted by Crippen LogP contribution is 2.21. The summed E-state index contributed by atoms with van der Waals surface area (Å²) in [6, 6.07) is 14.2. The van der Waals surface area contributed by atoms with Crippen LogP contribution < -0.4 is 9.64 Å². The van der Waals surface area contributed by atoms with E-state index in [1.165, 1.54) is 5.69 Å². The van der Waals surface area contributed by atoms with Crippen molar-refractivity contribution in [3.63, 3.8) is 0 Å². The smallest absolute Gasteiger partial charge is 0.159 e. The predicted molar refractivity (Wildman–Crippen MR) is 106 cm³/mol. The summed E-state index contributed by atoms with van der Waals surface area (Å²) >= 11 is 0. The first-order chi connectivity index (χ1) is 13.3. The molecule has 0 bridgehead atoms. The third kappa shape index (κ3) is 4.23. The Labute approximate surface area is 159 Å². The Hall–Kier alpha value is -2.99. The van der Waals surface area contributed by atoms with Crippen molar-refractivity contribution >= 4 is 5.69 Å². The molecule has 6 nitrogen and oxygen atoms in total. The molecule has 0 radical (unpaired) electrons. The topological polar surface area (TPSA) is 54.4 Å². The number of piperazine rings is 1. The summed E-state index contributed by atoms with van der Waals surface area (Å²) in [5.74, 6) is 1.65. The Morgan fingerprint density at radius 1 is 0.889 bits per heavy atom. The first-order valence-electron chi connectivity index (χ1n) is 9.15. The van der Waals surface area contributed by atoms with Crippen LogP contribution in [0.15, 0.2) is 61.1 Å². The molecule has 3 heterocycles. The molecule has 0 N–H and O–H groups in total. The zero-order valence-corrected chi connectivity index (χ0v) is 15.5. The molecule has 6 heteroatoms. The number of methoxy groups -OCH3 is 1. The first kappa shape index (κ1) is 17.4. The van der Waals surface area contributed by atoms with E-state index in [9.17, 15) is 0 Å². The Morgan fingerprint density at radius 2 is 1.63 bits per heavy atom. The van der Waals surface area contributed by atoms with E-state index < -0.39 is 0 Å². The summed E-state index contributed by atoms with van der Waals surface area (Å²) in [6.45, 7) is 4.89. The molecule has 0 unspecified atom stereocenters. The van der Waals surface area contributed by atoms with Crippen LogP contribution in [0.4, 0.5) is 5.69 Å². The van der Waals surface area contributed by atoms with Crippen molar-refractivity contribution in [3.05, 3.63) is 66.7 Å². The molecule has 0 aliphatic carbocycles. The van der Waals surface area contributed by atoms with Crippen molar-refractivity contribution in [2.45, 2.75) is 6.54 Å². The van der Waals surface area contributed by atoms with Crippen molar-refractivity contribution in [1.29, 1.82) is 0 Å². The predicted octanol–water partition coefficient (Wildman–Crippen LogP) is 2.87. The first-order valence-corrected chi connectivity index (χ1v) is 9.15. The van der Waals surface area contributed by atoms with Gasteiger partial charge in [0, 0.05) is 62.6 Å². The highest BCUT2D eigenvalue weighted by Gasteiger charge is 2.18. The molecular formula is C21H23N5O. The average molecular weight is 361 g/mol. The maximum absolute atomic E-state index is 5.24. The van der Waals surface area contributed by atoms with E-state index in [1.54, 1.807) is 19.5 Å². The normalized spacial score (nSPS) is 14.9. The van der Waals surface area contributed by atoms with Crippen LogP contribution in [0, 0.1) is 0 Å². The van der Waals surface area contributed by atoms with Crippen LogP contribution >= 0.6 is 0 Å². The number of pyridine rings is 1. The number of nitrogens with zero attached hydrogens (tertiary/aromatic N) is 5. The number of hydrogen-bond acceptors (Lipinski definition) is 6. The van der Waals surface area contributed by atoms with E-state index in [4.69, 9.17) is 9.72 Å². The second kappa shape index (κ2) is 8.14. The Balaban J connectivity index is 1.36. The minimum atomic E-state index is 0.756. The molecule has 2 aromatic heterocycles. The summed E-state index contributed by atoms with van der Waals surface area (Å²) in [4.78, 5) is 18.0. The van der Waals surface area contributed by atoms with Gasteiger partial charge in [-0.3, -0.25) is 9.88 Å². The molecule has 138 valence electrons. The Kier molecular flexibility index (Phi) is 5.25. The van der Waals surface area contributed by atoms with Crippen LogP contribution in [-0.2, 0) is 6.54 Å². The van der Waals surface area contributed by atoms with Gasteiger partial charge in [0.05, 0.1) is 12.8 Å². The molecule has 3 aromatic rings. The van der Waals surface area contributed by atoms with Crippen molar-refractivity contribution in [2.75, 3.05) is 38.2 Å². The minimum Gasteiger partial charge on any atom is -0.497 e. The van der Waals surface area contributed by atoms with Gasteiger partial charge in [-0.15, -0.1) is 0 Å². The molecule has 0 saturated carbocycles. The monoisotopic (exact) mass is 361 g/mol. The van der Waals surface area contributed by atoms with Crippen molar-refractivity contribution in [3.8, 4) is 17.1 Å². The zero-order chi connectivity index (χ0) is 18.5. The second-order valence-electron chi connectivity index (χ2n) is 6.57. The summed E-state index contributed by atoms with van der Waals surface area (Å²) < 4.78 is 5.24. The van der Waals surface area contributed by atoms with Crippen molar-refractivity contribution in [2.24, 2.45) is 0 Å². The molecule has 1 aliphatic heterocycles. The molecule has 0 atom stereocenters. The average Bonchev–Trinajstić information content (AvgIpc) is 2.75. The van der Waals surface area contributed by atoms with E-state index in [1.807, 2.05) is 36.5 Å². The molecule has 0 spiro atoms. The maximum Gasteiger partial charge on any atom is 0.159 e. The van der Waals surface area contributed by atoms with E-state index in [0.29, 0.717) is 0 Å². The SMILES string of the molecule is COc1ccc(N2CCN(Cc3ccnc(-c4ccncc4)n3)CC2)cc1. The molecule has 4 rings (SSSR count). The number of ether oxygens (including phenoxy) is 1. The fourth-order valence-electron chi connectivity index (χ4n) is 3.31. The number of anilines is 1. The van der Waals surface area contributed by atoms with Crippen molar-refractivity contribution < 1.29 is 4.74 Å². The van der Waals surface area contributed by atoms with Gasteiger partial charge in [0.25, 0.3) is 0 Å². The quantitative estimate of drug-likeness (QED) is 0.697. The standard InChI is InChI=1S/C21H23N5O/c1-27-20-4-2-19(3-5-20)26-14-12-25(13-15-26)16-18-8-11-23-21(24-18)17-6-9-22-10-7-17/h2-11H,12-16H2,1H3. The van der Waals surface area contributed by atoms with E-state index in [2.05, 4.69) is 31.9 Å². The third-order valence-corrected chi connectivity index (χ3v) is 4.85. The van der Waals surface area contributed by atoms with Crippen LogP contribution in [0.25, 0.3) is 11.4 Å². The van der Waals surface area contributed by atoms with Crippen LogP contribution in [0.1, 0.15) is 5.69 Å². The summed E-state index contributed by atoms with van der Waals surface area (Å²) in [5, 5.41) is 0. The van der Waals surface area contributed by atoms with E-state index in [0.717, 1.165) is 55.6 Å². The minimum absolute atomic E-state index is 0.756. The summed E-state index contributed by atoms with van der Waals surface area (Å²) in [5.41, 5.74) is 3.29. The molecule has 27 heavy (non-hydrogen) atoms. The van der Waals surface area contributed by atoms with Gasteiger partial charge >= 0.3 is 0 Å². The van der Waals surface area contributed by atoms with Gasteiger partial charge in [0.1, 0.15) is 5.75 Å². The third-order valence-electron chi connectivity index (χ3n) is 4.85. The lowest BCUT2D eigenvalue weighted by atomic mass is 10.2. The number of aromatic nitrogens is 3. The highest BCUT2D eigenvalue weighted by atomic mass is 16.5. The maximum atomic E-state index is 5.24. The second-order valence-corrected chi connectivity index (χ2v) is 6.57. The fraction of sp³-hybridized carbons (Fsp3) is 0.286. The Bertz CT molecular complexity index is 861. The largest absolute Gasteiger partial charge is 0.497 e. The summed E-state index contributed by atoms with van der Waals surface area (Å²) in [6.07, 6.45) is 5.37. The fourth-order valence-corrected chi connectivity index (χ4v) is 3.31. The van der Waals surface area contributed by atoms with E-state index >= 15 is 0 Å². The highest BCUT2D eigenvalue weighted by molar-refractivity contribution is 5.53. The molecular weight excluding hydrogens is 338 g/mol.